The van der Waals surface area contributed by atoms with Crippen molar-refractivity contribution in [3.63, 3.8) is 0 Å². The lowest BCUT2D eigenvalue weighted by Crippen LogP contribution is -2.16. The van der Waals surface area contributed by atoms with Crippen molar-refractivity contribution in [2.24, 2.45) is 0 Å². The van der Waals surface area contributed by atoms with Crippen molar-refractivity contribution in [2.75, 3.05) is 0 Å². The van der Waals surface area contributed by atoms with Crippen LogP contribution in [0.5, 0.6) is 0 Å². The van der Waals surface area contributed by atoms with Gasteiger partial charge < -0.3 is 9.84 Å². The number of carbonyl (C=O) groups is 2. The van der Waals surface area contributed by atoms with Gasteiger partial charge in [0.15, 0.2) is 0 Å². The highest BCUT2D eigenvalue weighted by molar-refractivity contribution is 5.69. The molecule has 0 heterocycles. The van der Waals surface area contributed by atoms with E-state index in [1.807, 2.05) is 0 Å². The van der Waals surface area contributed by atoms with Crippen LogP contribution in [0.4, 0.5) is 0 Å². The van der Waals surface area contributed by atoms with E-state index in [0.29, 0.717) is 6.42 Å². The molecule has 1 unspecified atom stereocenters. The molecular weight excluding hydrogens is 592 g/mol. The predicted molar refractivity (Wildman–Crippen MR) is 209 cm³/mol. The van der Waals surface area contributed by atoms with Crippen LogP contribution in [0, 0.1) is 0 Å². The van der Waals surface area contributed by atoms with Crippen molar-refractivity contribution in [1.29, 1.82) is 0 Å². The first-order valence-electron chi connectivity index (χ1n) is 21.3. The van der Waals surface area contributed by atoms with Crippen LogP contribution in [0.2, 0.25) is 0 Å². The maximum Gasteiger partial charge on any atom is 0.306 e. The molecule has 0 fully saturated rings. The third-order valence-corrected chi connectivity index (χ3v) is 9.66. The third-order valence-electron chi connectivity index (χ3n) is 9.66. The molecule has 0 spiro atoms. The first kappa shape index (κ1) is 46.4. The van der Waals surface area contributed by atoms with Gasteiger partial charge in [-0.25, -0.2) is 0 Å². The molecule has 48 heavy (non-hydrogen) atoms. The molecular formula is C44H82O4. The number of rotatable bonds is 39. The van der Waals surface area contributed by atoms with Gasteiger partial charge in [-0.15, -0.1) is 0 Å². The van der Waals surface area contributed by atoms with E-state index in [1.165, 1.54) is 154 Å². The molecule has 0 rings (SSSR count). The molecule has 1 atom stereocenters. The highest BCUT2D eigenvalue weighted by Gasteiger charge is 2.11. The number of unbranched alkanes of at least 4 members (excludes halogenated alkanes) is 28. The first-order chi connectivity index (χ1) is 23.6. The summed E-state index contributed by atoms with van der Waals surface area (Å²) in [5.74, 6) is -0.799. The SMILES string of the molecule is CCCCC/C=C\C/C=C\C(CCCCCCC(=O)O)OC(=O)CCCCCCCCCCCCCCCCCCCCCCCCC. The summed E-state index contributed by atoms with van der Waals surface area (Å²) in [4.78, 5) is 23.3. The average molecular weight is 675 g/mol. The molecule has 4 heteroatoms. The minimum Gasteiger partial charge on any atom is -0.481 e. The van der Waals surface area contributed by atoms with Gasteiger partial charge in [-0.1, -0.05) is 199 Å². The summed E-state index contributed by atoms with van der Waals surface area (Å²) >= 11 is 0. The van der Waals surface area contributed by atoms with E-state index < -0.39 is 5.97 Å². The largest absolute Gasteiger partial charge is 0.481 e. The van der Waals surface area contributed by atoms with E-state index in [0.717, 1.165) is 57.8 Å². The van der Waals surface area contributed by atoms with E-state index in [-0.39, 0.29) is 18.5 Å². The molecule has 0 aromatic carbocycles. The van der Waals surface area contributed by atoms with Crippen molar-refractivity contribution in [2.45, 2.75) is 245 Å². The summed E-state index contributed by atoms with van der Waals surface area (Å²) in [6.07, 6.45) is 51.0. The minimum absolute atomic E-state index is 0.0749. The molecule has 0 aliphatic heterocycles. The molecule has 0 saturated carbocycles. The topological polar surface area (TPSA) is 63.6 Å². The fourth-order valence-corrected chi connectivity index (χ4v) is 6.49. The van der Waals surface area contributed by atoms with Gasteiger partial charge >= 0.3 is 11.9 Å². The standard InChI is InChI=1S/C44H82O4/c1-3-5-7-9-11-13-14-15-16-17-18-19-20-21-22-23-24-25-26-27-29-31-37-41-44(47)48-42(39-35-32-33-36-40-43(45)46)38-34-30-28-12-10-8-6-4-2/h12,28,34,38,42H,3-11,13-27,29-33,35-37,39-41H2,1-2H3,(H,45,46)/b28-12-,38-34-. The molecule has 4 nitrogen and oxygen atoms in total. The Balaban J connectivity index is 3.77. The van der Waals surface area contributed by atoms with Gasteiger partial charge in [0.05, 0.1) is 0 Å². The quantitative estimate of drug-likeness (QED) is 0.0400. The monoisotopic (exact) mass is 675 g/mol. The normalized spacial score (nSPS) is 12.4. The predicted octanol–water partition coefficient (Wildman–Crippen LogP) is 14.8. The van der Waals surface area contributed by atoms with Crippen molar-refractivity contribution < 1.29 is 19.4 Å². The maximum atomic E-state index is 12.6. The molecule has 0 aromatic heterocycles. The van der Waals surface area contributed by atoms with Crippen molar-refractivity contribution in [3.8, 4) is 0 Å². The third kappa shape index (κ3) is 38.9. The highest BCUT2D eigenvalue weighted by atomic mass is 16.5. The number of allylic oxidation sites excluding steroid dienone is 3. The van der Waals surface area contributed by atoms with Crippen LogP contribution in [0.3, 0.4) is 0 Å². The molecule has 0 bridgehead atoms. The number of carboxylic acids is 1. The summed E-state index contributed by atoms with van der Waals surface area (Å²) in [5, 5.41) is 8.83. The van der Waals surface area contributed by atoms with E-state index in [1.54, 1.807) is 0 Å². The molecule has 0 saturated heterocycles. The zero-order valence-corrected chi connectivity index (χ0v) is 32.3. The van der Waals surface area contributed by atoms with Gasteiger partial charge in [0.25, 0.3) is 0 Å². The Morgan fingerprint density at radius 1 is 0.479 bits per heavy atom. The van der Waals surface area contributed by atoms with Crippen LogP contribution in [0.1, 0.15) is 239 Å². The summed E-state index contributed by atoms with van der Waals surface area (Å²) in [6, 6.07) is 0. The van der Waals surface area contributed by atoms with Crippen LogP contribution < -0.4 is 0 Å². The van der Waals surface area contributed by atoms with E-state index in [2.05, 4.69) is 38.2 Å². The van der Waals surface area contributed by atoms with Crippen LogP contribution in [0.15, 0.2) is 24.3 Å². The van der Waals surface area contributed by atoms with Gasteiger partial charge in [-0.05, 0) is 51.0 Å². The molecule has 1 N–H and O–H groups in total. The van der Waals surface area contributed by atoms with Gasteiger partial charge in [-0.2, -0.15) is 0 Å². The number of esters is 1. The molecule has 0 amide bonds. The van der Waals surface area contributed by atoms with Crippen molar-refractivity contribution in [3.05, 3.63) is 24.3 Å². The summed E-state index contributed by atoms with van der Waals surface area (Å²) in [7, 11) is 0. The molecule has 0 aromatic rings. The van der Waals surface area contributed by atoms with E-state index >= 15 is 0 Å². The van der Waals surface area contributed by atoms with Crippen LogP contribution >= 0.6 is 0 Å². The van der Waals surface area contributed by atoms with Crippen LogP contribution in [0.25, 0.3) is 0 Å². The maximum absolute atomic E-state index is 12.6. The fraction of sp³-hybridized carbons (Fsp3) is 0.864. The van der Waals surface area contributed by atoms with Gasteiger partial charge in [0.2, 0.25) is 0 Å². The summed E-state index contributed by atoms with van der Waals surface area (Å²) in [5.41, 5.74) is 0. The number of carbonyl (C=O) groups excluding carboxylic acids is 1. The average Bonchev–Trinajstić information content (AvgIpc) is 3.07. The second kappa shape index (κ2) is 39.9. The van der Waals surface area contributed by atoms with Crippen molar-refractivity contribution >= 4 is 11.9 Å². The molecule has 0 aliphatic carbocycles. The highest BCUT2D eigenvalue weighted by Crippen LogP contribution is 2.17. The number of carboxylic acid groups (broad SMARTS) is 1. The lowest BCUT2D eigenvalue weighted by Gasteiger charge is -2.14. The lowest BCUT2D eigenvalue weighted by molar-refractivity contribution is -0.147. The number of hydrogen-bond donors (Lipinski definition) is 1. The Hall–Kier alpha value is -1.58. The Morgan fingerprint density at radius 2 is 0.875 bits per heavy atom. The smallest absolute Gasteiger partial charge is 0.306 e. The first-order valence-corrected chi connectivity index (χ1v) is 21.3. The molecule has 282 valence electrons. The lowest BCUT2D eigenvalue weighted by atomic mass is 10.0. The van der Waals surface area contributed by atoms with E-state index in [4.69, 9.17) is 9.84 Å². The summed E-state index contributed by atoms with van der Waals surface area (Å²) < 4.78 is 5.86. The van der Waals surface area contributed by atoms with Crippen LogP contribution in [-0.4, -0.2) is 23.1 Å². The van der Waals surface area contributed by atoms with Gasteiger partial charge in [-0.3, -0.25) is 9.59 Å². The van der Waals surface area contributed by atoms with Crippen LogP contribution in [-0.2, 0) is 14.3 Å². The molecule has 0 radical (unpaired) electrons. The zero-order valence-electron chi connectivity index (χ0n) is 32.3. The Kier molecular flexibility index (Phi) is 38.5. The Morgan fingerprint density at radius 3 is 1.33 bits per heavy atom. The minimum atomic E-state index is -0.724. The zero-order chi connectivity index (χ0) is 35.0. The fourth-order valence-electron chi connectivity index (χ4n) is 6.49. The second-order valence-corrected chi connectivity index (χ2v) is 14.5. The number of ether oxygens (including phenoxy) is 1. The Labute approximate surface area is 299 Å². The number of aliphatic carboxylic acids is 1. The number of hydrogen-bond acceptors (Lipinski definition) is 3. The van der Waals surface area contributed by atoms with E-state index in [9.17, 15) is 9.59 Å². The second-order valence-electron chi connectivity index (χ2n) is 14.5. The molecule has 0 aliphatic rings. The Bertz CT molecular complexity index is 727. The summed E-state index contributed by atoms with van der Waals surface area (Å²) in [6.45, 7) is 4.52. The van der Waals surface area contributed by atoms with Crippen molar-refractivity contribution in [1.82, 2.24) is 0 Å². The van der Waals surface area contributed by atoms with Gasteiger partial charge in [0.1, 0.15) is 6.10 Å². The van der Waals surface area contributed by atoms with Gasteiger partial charge in [0, 0.05) is 12.8 Å².